The molecule has 0 aliphatic carbocycles. The van der Waals surface area contributed by atoms with Crippen LogP contribution in [0.15, 0.2) is 0 Å². The summed E-state index contributed by atoms with van der Waals surface area (Å²) >= 11 is 0. The third-order valence-corrected chi connectivity index (χ3v) is 3.14. The van der Waals surface area contributed by atoms with Crippen LogP contribution in [0.25, 0.3) is 0 Å². The highest BCUT2D eigenvalue weighted by Gasteiger charge is 2.19. The van der Waals surface area contributed by atoms with E-state index in [4.69, 9.17) is 11.0 Å². The van der Waals surface area contributed by atoms with Gasteiger partial charge in [-0.25, -0.2) is 0 Å². The fraction of sp³-hybridized carbons (Fsp3) is 0.917. The molecule has 86 valence electrons. The van der Waals surface area contributed by atoms with Gasteiger partial charge in [-0.2, -0.15) is 5.26 Å². The first-order valence-electron chi connectivity index (χ1n) is 5.93. The molecule has 1 fully saturated rings. The van der Waals surface area contributed by atoms with E-state index in [2.05, 4.69) is 11.0 Å². The summed E-state index contributed by atoms with van der Waals surface area (Å²) in [5, 5.41) is 8.86. The summed E-state index contributed by atoms with van der Waals surface area (Å²) in [4.78, 5) is 2.43. The van der Waals surface area contributed by atoms with Crippen molar-refractivity contribution in [3.8, 4) is 6.07 Å². The maximum absolute atomic E-state index is 8.86. The number of unbranched alkanes of at least 4 members (excludes halogenated alkanes) is 1. The van der Waals surface area contributed by atoms with Gasteiger partial charge in [0.2, 0.25) is 0 Å². The maximum atomic E-state index is 8.86. The van der Waals surface area contributed by atoms with Gasteiger partial charge < -0.3 is 10.6 Å². The smallest absolute Gasteiger partial charge is 0.0683 e. The molecule has 3 heteroatoms. The summed E-state index contributed by atoms with van der Waals surface area (Å²) < 4.78 is 0. The van der Waals surface area contributed by atoms with Gasteiger partial charge in [-0.1, -0.05) is 6.42 Å². The van der Waals surface area contributed by atoms with E-state index in [1.165, 1.54) is 6.42 Å². The van der Waals surface area contributed by atoms with Crippen LogP contribution in [0.5, 0.6) is 0 Å². The minimum atomic E-state index is -0.151. The van der Waals surface area contributed by atoms with Crippen molar-refractivity contribution in [1.29, 1.82) is 5.26 Å². The molecule has 1 saturated heterocycles. The number of nitrogens with zero attached hydrogens (tertiary/aromatic N) is 2. The van der Waals surface area contributed by atoms with Gasteiger partial charge in [0.1, 0.15) is 0 Å². The Kier molecular flexibility index (Phi) is 4.56. The Morgan fingerprint density at radius 2 is 2.20 bits per heavy atom. The number of hydrogen-bond acceptors (Lipinski definition) is 3. The lowest BCUT2D eigenvalue weighted by atomic mass is 9.89. The number of nitrogens with two attached hydrogens (primary N) is 1. The van der Waals surface area contributed by atoms with Crippen LogP contribution in [0.4, 0.5) is 0 Å². The zero-order chi connectivity index (χ0) is 11.3. The van der Waals surface area contributed by atoms with Gasteiger partial charge in [-0.3, -0.25) is 0 Å². The molecule has 15 heavy (non-hydrogen) atoms. The average Bonchev–Trinajstić information content (AvgIpc) is 2.59. The van der Waals surface area contributed by atoms with E-state index in [1.807, 2.05) is 13.8 Å². The molecule has 1 heterocycles. The highest BCUT2D eigenvalue weighted by molar-refractivity contribution is 4.91. The van der Waals surface area contributed by atoms with E-state index in [0.717, 1.165) is 38.9 Å². The maximum Gasteiger partial charge on any atom is 0.0683 e. The molecule has 0 aromatic rings. The fourth-order valence-electron chi connectivity index (χ4n) is 2.02. The third-order valence-electron chi connectivity index (χ3n) is 3.14. The monoisotopic (exact) mass is 209 g/mol. The molecule has 0 bridgehead atoms. The molecule has 2 N–H and O–H groups in total. The number of hydrogen-bond donors (Lipinski definition) is 1. The van der Waals surface area contributed by atoms with Crippen LogP contribution in [0.1, 0.15) is 39.5 Å². The van der Waals surface area contributed by atoms with Gasteiger partial charge >= 0.3 is 0 Å². The van der Waals surface area contributed by atoms with Crippen molar-refractivity contribution in [2.45, 2.75) is 45.6 Å². The van der Waals surface area contributed by atoms with Crippen LogP contribution in [-0.2, 0) is 0 Å². The van der Waals surface area contributed by atoms with E-state index in [1.54, 1.807) is 0 Å². The van der Waals surface area contributed by atoms with Crippen molar-refractivity contribution in [3.63, 3.8) is 0 Å². The summed E-state index contributed by atoms with van der Waals surface area (Å²) in [7, 11) is 0. The van der Waals surface area contributed by atoms with Crippen LogP contribution >= 0.6 is 0 Å². The van der Waals surface area contributed by atoms with Crippen LogP contribution in [0.3, 0.4) is 0 Å². The van der Waals surface area contributed by atoms with Gasteiger partial charge in [0.15, 0.2) is 0 Å². The Labute approximate surface area is 93.2 Å². The van der Waals surface area contributed by atoms with Gasteiger partial charge in [0, 0.05) is 12.6 Å². The molecule has 0 aromatic heterocycles. The zero-order valence-electron chi connectivity index (χ0n) is 10.00. The Hall–Kier alpha value is -0.590. The molecule has 3 nitrogen and oxygen atoms in total. The molecular weight excluding hydrogens is 186 g/mol. The molecule has 0 amide bonds. The lowest BCUT2D eigenvalue weighted by Gasteiger charge is -2.17. The second kappa shape index (κ2) is 5.48. The first-order valence-corrected chi connectivity index (χ1v) is 5.93. The van der Waals surface area contributed by atoms with E-state index in [0.29, 0.717) is 6.04 Å². The summed E-state index contributed by atoms with van der Waals surface area (Å²) in [5.74, 6) is 0. The van der Waals surface area contributed by atoms with Crippen molar-refractivity contribution in [2.24, 2.45) is 11.1 Å². The van der Waals surface area contributed by atoms with Crippen molar-refractivity contribution in [2.75, 3.05) is 19.6 Å². The molecule has 0 spiro atoms. The Morgan fingerprint density at radius 3 is 2.73 bits per heavy atom. The first kappa shape index (κ1) is 12.5. The minimum absolute atomic E-state index is 0.151. The van der Waals surface area contributed by atoms with Crippen molar-refractivity contribution in [3.05, 3.63) is 0 Å². The number of likely N-dealkylation sites (tertiary alicyclic amines) is 1. The van der Waals surface area contributed by atoms with E-state index in [9.17, 15) is 0 Å². The lowest BCUT2D eigenvalue weighted by Crippen LogP contribution is -2.27. The van der Waals surface area contributed by atoms with Crippen LogP contribution in [0.2, 0.25) is 0 Å². The molecule has 0 aromatic carbocycles. The van der Waals surface area contributed by atoms with Gasteiger partial charge in [-0.05, 0) is 46.2 Å². The van der Waals surface area contributed by atoms with Gasteiger partial charge in [0.05, 0.1) is 11.5 Å². The second-order valence-electron chi connectivity index (χ2n) is 5.30. The van der Waals surface area contributed by atoms with Crippen molar-refractivity contribution < 1.29 is 0 Å². The fourth-order valence-corrected chi connectivity index (χ4v) is 2.02. The highest BCUT2D eigenvalue weighted by Crippen LogP contribution is 2.21. The van der Waals surface area contributed by atoms with E-state index >= 15 is 0 Å². The van der Waals surface area contributed by atoms with Crippen LogP contribution in [-0.4, -0.2) is 30.6 Å². The molecule has 1 atom stereocenters. The molecule has 1 unspecified atom stereocenters. The quantitative estimate of drug-likeness (QED) is 0.702. The SMILES string of the molecule is CC(C)(C#N)CCCCN1CCC(N)C1. The van der Waals surface area contributed by atoms with E-state index in [-0.39, 0.29) is 5.41 Å². The predicted octanol–water partition coefficient (Wildman–Crippen LogP) is 1.74. The summed E-state index contributed by atoms with van der Waals surface area (Å²) in [5.41, 5.74) is 5.68. The first-order chi connectivity index (χ1) is 7.03. The molecular formula is C12H23N3. The van der Waals surface area contributed by atoms with Gasteiger partial charge in [0.25, 0.3) is 0 Å². The molecule has 0 saturated carbocycles. The summed E-state index contributed by atoms with van der Waals surface area (Å²) in [6.45, 7) is 7.39. The highest BCUT2D eigenvalue weighted by atomic mass is 15.2. The lowest BCUT2D eigenvalue weighted by molar-refractivity contribution is 0.313. The molecule has 1 rings (SSSR count). The number of rotatable bonds is 5. The third kappa shape index (κ3) is 4.63. The summed E-state index contributed by atoms with van der Waals surface area (Å²) in [6, 6.07) is 2.73. The molecule has 1 aliphatic rings. The largest absolute Gasteiger partial charge is 0.326 e. The Morgan fingerprint density at radius 1 is 1.47 bits per heavy atom. The Balaban J connectivity index is 2.05. The predicted molar refractivity (Wildman–Crippen MR) is 62.3 cm³/mol. The minimum Gasteiger partial charge on any atom is -0.326 e. The molecule has 1 aliphatic heterocycles. The Bertz CT molecular complexity index is 230. The topological polar surface area (TPSA) is 53.0 Å². The zero-order valence-corrected chi connectivity index (χ0v) is 10.00. The summed E-state index contributed by atoms with van der Waals surface area (Å²) in [6.07, 6.45) is 4.48. The standard InChI is InChI=1S/C12H23N3/c1-12(2,10-13)6-3-4-7-15-8-5-11(14)9-15/h11H,3-9,14H2,1-2H3. The van der Waals surface area contributed by atoms with Crippen LogP contribution < -0.4 is 5.73 Å². The van der Waals surface area contributed by atoms with Crippen molar-refractivity contribution >= 4 is 0 Å². The normalized spacial score (nSPS) is 22.9. The second-order valence-corrected chi connectivity index (χ2v) is 5.30. The molecule has 0 radical (unpaired) electrons. The van der Waals surface area contributed by atoms with E-state index < -0.39 is 0 Å². The van der Waals surface area contributed by atoms with Crippen LogP contribution in [0, 0.1) is 16.7 Å². The van der Waals surface area contributed by atoms with Crippen molar-refractivity contribution in [1.82, 2.24) is 4.90 Å². The number of nitriles is 1. The van der Waals surface area contributed by atoms with Gasteiger partial charge in [-0.15, -0.1) is 0 Å². The average molecular weight is 209 g/mol.